The van der Waals surface area contributed by atoms with Gasteiger partial charge in [0.2, 0.25) is 11.8 Å². The second kappa shape index (κ2) is 12.3. The number of nitrogens with one attached hydrogen (secondary N) is 2. The maximum Gasteiger partial charge on any atom is 0.336 e. The van der Waals surface area contributed by atoms with Gasteiger partial charge in [-0.2, -0.15) is 0 Å². The average molecular weight is 529 g/mol. The predicted molar refractivity (Wildman–Crippen MR) is 152 cm³/mol. The lowest BCUT2D eigenvalue weighted by Crippen LogP contribution is -2.42. The van der Waals surface area contributed by atoms with Gasteiger partial charge < -0.3 is 10.6 Å². The molecule has 39 heavy (non-hydrogen) atoms. The van der Waals surface area contributed by atoms with Crippen LogP contribution in [0.3, 0.4) is 0 Å². The van der Waals surface area contributed by atoms with E-state index >= 15 is 0 Å². The molecule has 0 saturated heterocycles. The predicted octanol–water partition coefficient (Wildman–Crippen LogP) is 3.76. The van der Waals surface area contributed by atoms with Crippen molar-refractivity contribution in [3.8, 4) is 5.69 Å². The normalized spacial score (nSPS) is 15.7. The van der Waals surface area contributed by atoms with Crippen LogP contribution in [0.25, 0.3) is 16.6 Å². The monoisotopic (exact) mass is 528 g/mol. The summed E-state index contributed by atoms with van der Waals surface area (Å²) < 4.78 is 2.46. The van der Waals surface area contributed by atoms with Crippen molar-refractivity contribution in [2.24, 2.45) is 0 Å². The number of hydrogen-bond donors (Lipinski definition) is 2. The highest BCUT2D eigenvalue weighted by atomic mass is 16.2. The molecular weight excluding hydrogens is 492 g/mol. The molecule has 5 rings (SSSR count). The van der Waals surface area contributed by atoms with Crippen molar-refractivity contribution in [1.82, 2.24) is 19.8 Å². The summed E-state index contributed by atoms with van der Waals surface area (Å²) in [5.74, 6) is -0.293. The minimum Gasteiger partial charge on any atom is -0.354 e. The van der Waals surface area contributed by atoms with Crippen molar-refractivity contribution >= 4 is 22.7 Å². The molecule has 0 unspecified atom stereocenters. The van der Waals surface area contributed by atoms with Gasteiger partial charge in [-0.25, -0.2) is 9.36 Å². The first-order valence-corrected chi connectivity index (χ1v) is 14.1. The van der Waals surface area contributed by atoms with E-state index in [0.717, 1.165) is 55.1 Å². The first kappa shape index (κ1) is 26.7. The molecule has 3 aromatic rings. The largest absolute Gasteiger partial charge is 0.354 e. The third-order valence-electron chi connectivity index (χ3n) is 7.79. The van der Waals surface area contributed by atoms with Crippen LogP contribution in [-0.2, 0) is 22.6 Å². The smallest absolute Gasteiger partial charge is 0.336 e. The van der Waals surface area contributed by atoms with E-state index in [1.54, 1.807) is 48.5 Å². The van der Waals surface area contributed by atoms with E-state index in [0.29, 0.717) is 23.1 Å². The van der Waals surface area contributed by atoms with Crippen LogP contribution in [0.15, 0.2) is 69.8 Å². The van der Waals surface area contributed by atoms with E-state index in [1.807, 2.05) is 0 Å². The van der Waals surface area contributed by atoms with Gasteiger partial charge in [-0.05, 0) is 74.8 Å². The van der Waals surface area contributed by atoms with Crippen LogP contribution in [0.5, 0.6) is 0 Å². The van der Waals surface area contributed by atoms with E-state index in [9.17, 15) is 19.2 Å². The van der Waals surface area contributed by atoms with Crippen LogP contribution < -0.4 is 21.9 Å². The van der Waals surface area contributed by atoms with Crippen LogP contribution in [0, 0.1) is 0 Å². The number of hydrogen-bond acceptors (Lipinski definition) is 4. The summed E-state index contributed by atoms with van der Waals surface area (Å²) in [4.78, 5) is 52.2. The number of fused-ring (bicyclic) bond motifs is 1. The van der Waals surface area contributed by atoms with E-state index in [-0.39, 0.29) is 30.8 Å². The lowest BCUT2D eigenvalue weighted by Gasteiger charge is -2.16. The molecule has 1 heterocycles. The average Bonchev–Trinajstić information content (AvgIpc) is 3.45. The Hall–Kier alpha value is -3.94. The molecule has 8 heteroatoms. The number of carbonyl (C=O) groups is 2. The maximum atomic E-state index is 13.6. The number of aromatic nitrogens is 2. The third-order valence-corrected chi connectivity index (χ3v) is 7.79. The summed E-state index contributed by atoms with van der Waals surface area (Å²) in [7, 11) is 0. The topological polar surface area (TPSA) is 102 Å². The van der Waals surface area contributed by atoms with Gasteiger partial charge in [0.1, 0.15) is 6.54 Å². The number of nitrogens with zero attached hydrogens (tertiary/aromatic N) is 2. The molecule has 1 fully saturated rings. The van der Waals surface area contributed by atoms with Crippen LogP contribution in [0.4, 0.5) is 0 Å². The molecule has 1 saturated carbocycles. The van der Waals surface area contributed by atoms with Gasteiger partial charge >= 0.3 is 5.69 Å². The van der Waals surface area contributed by atoms with Gasteiger partial charge in [-0.1, -0.05) is 48.8 Å². The Balaban J connectivity index is 1.35. The molecular formula is C31H36N4O4. The van der Waals surface area contributed by atoms with Crippen molar-refractivity contribution in [3.63, 3.8) is 0 Å². The standard InChI is InChI=1S/C31H36N4O4/c36-28(33-24-10-4-5-11-24)20-23-14-16-25(17-15-23)35-30(38)26-12-6-7-13-27(26)34(31(35)39)21-29(37)32-19-18-22-8-2-1-3-9-22/h6-8,12-17,24H,1-5,9-11,18-21H2,(H,32,37)(H,33,36). The molecule has 1 aromatic heterocycles. The minimum atomic E-state index is -0.574. The van der Waals surface area contributed by atoms with Gasteiger partial charge in [0.05, 0.1) is 23.0 Å². The Labute approximate surface area is 227 Å². The van der Waals surface area contributed by atoms with Crippen LogP contribution in [-0.4, -0.2) is 33.5 Å². The molecule has 0 atom stereocenters. The maximum absolute atomic E-state index is 13.6. The highest BCUT2D eigenvalue weighted by molar-refractivity contribution is 5.82. The van der Waals surface area contributed by atoms with Gasteiger partial charge in [-0.15, -0.1) is 0 Å². The minimum absolute atomic E-state index is 0.0225. The van der Waals surface area contributed by atoms with Crippen LogP contribution >= 0.6 is 0 Å². The highest BCUT2D eigenvalue weighted by Crippen LogP contribution is 2.20. The first-order valence-electron chi connectivity index (χ1n) is 14.1. The summed E-state index contributed by atoms with van der Waals surface area (Å²) in [5.41, 5.74) is 1.98. The van der Waals surface area contributed by atoms with Crippen LogP contribution in [0.1, 0.15) is 63.4 Å². The number of allylic oxidation sites excluding steroid dienone is 1. The Morgan fingerprint density at radius 3 is 2.41 bits per heavy atom. The van der Waals surface area contributed by atoms with Crippen molar-refractivity contribution in [3.05, 3.63) is 86.6 Å². The fourth-order valence-corrected chi connectivity index (χ4v) is 5.69. The molecule has 2 aliphatic rings. The Kier molecular flexibility index (Phi) is 8.39. The number of rotatable bonds is 9. The molecule has 0 spiro atoms. The first-order chi connectivity index (χ1) is 19.0. The molecule has 2 aromatic carbocycles. The molecule has 2 aliphatic carbocycles. The summed E-state index contributed by atoms with van der Waals surface area (Å²) in [5, 5.41) is 6.37. The Morgan fingerprint density at radius 2 is 1.67 bits per heavy atom. The van der Waals surface area contributed by atoms with Crippen molar-refractivity contribution in [2.45, 2.75) is 76.8 Å². The molecule has 0 aliphatic heterocycles. The number of benzene rings is 2. The zero-order valence-electron chi connectivity index (χ0n) is 22.3. The number of amides is 2. The fraction of sp³-hybridized carbons (Fsp3) is 0.419. The molecule has 8 nitrogen and oxygen atoms in total. The second-order valence-electron chi connectivity index (χ2n) is 10.6. The van der Waals surface area contributed by atoms with Gasteiger partial charge in [0, 0.05) is 12.6 Å². The Bertz CT molecular complexity index is 1490. The molecule has 204 valence electrons. The van der Waals surface area contributed by atoms with Crippen molar-refractivity contribution < 1.29 is 9.59 Å². The summed E-state index contributed by atoms with van der Waals surface area (Å²) in [6.07, 6.45) is 12.3. The van der Waals surface area contributed by atoms with Gasteiger partial charge in [0.15, 0.2) is 0 Å². The van der Waals surface area contributed by atoms with E-state index < -0.39 is 11.2 Å². The van der Waals surface area contributed by atoms with Crippen molar-refractivity contribution in [1.29, 1.82) is 0 Å². The van der Waals surface area contributed by atoms with E-state index in [1.165, 1.54) is 23.0 Å². The number of para-hydroxylation sites is 1. The molecule has 0 bridgehead atoms. The molecule has 2 N–H and O–H groups in total. The molecule has 2 amide bonds. The SMILES string of the molecule is O=C(Cn1c(=O)n(-c2ccc(CC(=O)NC3CCCC3)cc2)c(=O)c2ccccc21)NCCC1=CCCCC1. The highest BCUT2D eigenvalue weighted by Gasteiger charge is 2.19. The van der Waals surface area contributed by atoms with E-state index in [4.69, 9.17) is 0 Å². The Morgan fingerprint density at radius 1 is 0.897 bits per heavy atom. The second-order valence-corrected chi connectivity index (χ2v) is 10.6. The zero-order chi connectivity index (χ0) is 27.2. The lowest BCUT2D eigenvalue weighted by molar-refractivity contribution is -0.122. The molecule has 0 radical (unpaired) electrons. The fourth-order valence-electron chi connectivity index (χ4n) is 5.69. The van der Waals surface area contributed by atoms with E-state index in [2.05, 4.69) is 16.7 Å². The van der Waals surface area contributed by atoms with Gasteiger partial charge in [0.25, 0.3) is 5.56 Å². The number of carbonyl (C=O) groups excluding carboxylic acids is 2. The lowest BCUT2D eigenvalue weighted by atomic mass is 9.97. The summed E-state index contributed by atoms with van der Waals surface area (Å²) >= 11 is 0. The van der Waals surface area contributed by atoms with Crippen LogP contribution in [0.2, 0.25) is 0 Å². The zero-order valence-corrected chi connectivity index (χ0v) is 22.3. The summed E-state index contributed by atoms with van der Waals surface area (Å²) in [6, 6.07) is 14.0. The van der Waals surface area contributed by atoms with Crippen molar-refractivity contribution in [2.75, 3.05) is 6.54 Å². The third kappa shape index (κ3) is 6.38. The van der Waals surface area contributed by atoms with Gasteiger partial charge in [-0.3, -0.25) is 19.0 Å². The quantitative estimate of drug-likeness (QED) is 0.413. The summed E-state index contributed by atoms with van der Waals surface area (Å²) in [6.45, 7) is 0.338.